The number of carbonyl (C=O) groups is 1. The summed E-state index contributed by atoms with van der Waals surface area (Å²) >= 11 is 3.08. The van der Waals surface area contributed by atoms with E-state index in [9.17, 15) is 20.0 Å². The lowest BCUT2D eigenvalue weighted by atomic mass is 10.2. The van der Waals surface area contributed by atoms with Crippen LogP contribution in [0, 0.1) is 16.0 Å². The molecule has 2 aromatic carbocycles. The molecule has 0 fully saturated rings. The first kappa shape index (κ1) is 18.6. The number of aromatic hydroxyl groups is 1. The Kier molecular flexibility index (Phi) is 5.87. The highest BCUT2D eigenvalue weighted by atomic mass is 79.9. The molecule has 8 heteroatoms. The molecule has 0 aliphatic rings. The Morgan fingerprint density at radius 3 is 2.72 bits per heavy atom. The van der Waals surface area contributed by atoms with Crippen molar-refractivity contribution in [1.82, 2.24) is 0 Å². The number of carbonyl (C=O) groups excluding carboxylic acids is 1. The maximum Gasteiger partial charge on any atom is 0.271 e. The number of benzene rings is 2. The van der Waals surface area contributed by atoms with Crippen molar-refractivity contribution in [1.29, 1.82) is 0 Å². The lowest BCUT2D eigenvalue weighted by Gasteiger charge is -2.08. The summed E-state index contributed by atoms with van der Waals surface area (Å²) in [7, 11) is 0. The molecule has 0 heterocycles. The quantitative estimate of drug-likeness (QED) is 0.436. The average molecular weight is 406 g/mol. The van der Waals surface area contributed by atoms with Crippen molar-refractivity contribution in [2.75, 3.05) is 5.32 Å². The third-order valence-electron chi connectivity index (χ3n) is 3.28. The van der Waals surface area contributed by atoms with Gasteiger partial charge < -0.3 is 10.4 Å². The number of phenolic OH excluding ortho intramolecular Hbond substituents is 1. The Labute approximate surface area is 152 Å². The standard InChI is InChI=1S/C17H16BrN3O4/c1-10(2)17(23)20-13-5-3-4-12(7-13)19-9-11-6-14(21(24)25)8-15(18)16(11)22/h3-10,22H,1-2H3,(H,20,23). The lowest BCUT2D eigenvalue weighted by molar-refractivity contribution is -0.385. The van der Waals surface area contributed by atoms with Crippen LogP contribution in [-0.2, 0) is 4.79 Å². The molecule has 0 bridgehead atoms. The zero-order valence-corrected chi connectivity index (χ0v) is 15.1. The Balaban J connectivity index is 2.28. The third-order valence-corrected chi connectivity index (χ3v) is 3.88. The monoisotopic (exact) mass is 405 g/mol. The van der Waals surface area contributed by atoms with Gasteiger partial charge in [-0.3, -0.25) is 19.9 Å². The molecule has 0 atom stereocenters. The summed E-state index contributed by atoms with van der Waals surface area (Å²) in [6, 6.07) is 9.29. The van der Waals surface area contributed by atoms with Crippen LogP contribution in [0.25, 0.3) is 0 Å². The molecule has 0 aliphatic carbocycles. The van der Waals surface area contributed by atoms with Crippen molar-refractivity contribution in [2.45, 2.75) is 13.8 Å². The second-order valence-electron chi connectivity index (χ2n) is 5.58. The summed E-state index contributed by atoms with van der Waals surface area (Å²) in [4.78, 5) is 26.3. The lowest BCUT2D eigenvalue weighted by Crippen LogP contribution is -2.17. The van der Waals surface area contributed by atoms with Gasteiger partial charge in [0, 0.05) is 35.5 Å². The van der Waals surface area contributed by atoms with Gasteiger partial charge in [0.05, 0.1) is 15.1 Å². The predicted molar refractivity (Wildman–Crippen MR) is 99.6 cm³/mol. The Morgan fingerprint density at radius 1 is 1.36 bits per heavy atom. The minimum absolute atomic E-state index is 0.110. The topological polar surface area (TPSA) is 105 Å². The Bertz CT molecular complexity index is 850. The van der Waals surface area contributed by atoms with Gasteiger partial charge in [0.2, 0.25) is 5.91 Å². The highest BCUT2D eigenvalue weighted by molar-refractivity contribution is 9.10. The van der Waals surface area contributed by atoms with Crippen LogP contribution < -0.4 is 5.32 Å². The van der Waals surface area contributed by atoms with E-state index in [0.29, 0.717) is 11.4 Å². The zero-order chi connectivity index (χ0) is 18.6. The van der Waals surface area contributed by atoms with Gasteiger partial charge in [-0.05, 0) is 34.1 Å². The molecule has 7 nitrogen and oxygen atoms in total. The van der Waals surface area contributed by atoms with E-state index < -0.39 is 4.92 Å². The van der Waals surface area contributed by atoms with E-state index in [1.807, 2.05) is 0 Å². The van der Waals surface area contributed by atoms with Crippen LogP contribution in [0.3, 0.4) is 0 Å². The van der Waals surface area contributed by atoms with Crippen LogP contribution in [0.4, 0.5) is 17.1 Å². The van der Waals surface area contributed by atoms with Crippen LogP contribution in [0.15, 0.2) is 45.9 Å². The van der Waals surface area contributed by atoms with Crippen LogP contribution in [0.1, 0.15) is 19.4 Å². The number of anilines is 1. The van der Waals surface area contributed by atoms with Gasteiger partial charge in [-0.1, -0.05) is 19.9 Å². The fourth-order valence-electron chi connectivity index (χ4n) is 1.90. The maximum atomic E-state index is 11.7. The summed E-state index contributed by atoms with van der Waals surface area (Å²) in [6.07, 6.45) is 1.33. The largest absolute Gasteiger partial charge is 0.506 e. The van der Waals surface area contributed by atoms with Crippen molar-refractivity contribution in [3.05, 3.63) is 56.5 Å². The smallest absolute Gasteiger partial charge is 0.271 e. The molecule has 0 unspecified atom stereocenters. The number of hydrogen-bond donors (Lipinski definition) is 2. The Morgan fingerprint density at radius 2 is 2.08 bits per heavy atom. The van der Waals surface area contributed by atoms with Crippen LogP contribution in [0.2, 0.25) is 0 Å². The van der Waals surface area contributed by atoms with E-state index in [1.54, 1.807) is 38.1 Å². The highest BCUT2D eigenvalue weighted by Gasteiger charge is 2.13. The molecule has 0 saturated carbocycles. The van der Waals surface area contributed by atoms with Gasteiger partial charge in [0.15, 0.2) is 0 Å². The Hall–Kier alpha value is -2.74. The van der Waals surface area contributed by atoms with E-state index >= 15 is 0 Å². The molecule has 2 N–H and O–H groups in total. The summed E-state index contributed by atoms with van der Waals surface area (Å²) in [6.45, 7) is 3.58. The second kappa shape index (κ2) is 7.89. The van der Waals surface area contributed by atoms with Crippen LogP contribution in [-0.4, -0.2) is 22.2 Å². The molecule has 2 rings (SSSR count). The number of rotatable bonds is 5. The molecular formula is C17H16BrN3O4. The molecule has 0 aromatic heterocycles. The number of nitrogens with zero attached hydrogens (tertiary/aromatic N) is 2. The van der Waals surface area contributed by atoms with E-state index in [-0.39, 0.29) is 33.3 Å². The zero-order valence-electron chi connectivity index (χ0n) is 13.6. The first-order valence-electron chi connectivity index (χ1n) is 7.40. The van der Waals surface area contributed by atoms with Gasteiger partial charge in [-0.15, -0.1) is 0 Å². The highest BCUT2D eigenvalue weighted by Crippen LogP contribution is 2.32. The molecule has 1 amide bonds. The van der Waals surface area contributed by atoms with Gasteiger partial charge in [-0.2, -0.15) is 0 Å². The van der Waals surface area contributed by atoms with Crippen LogP contribution >= 0.6 is 15.9 Å². The number of phenols is 1. The number of nitro benzene ring substituents is 1. The number of hydrogen-bond acceptors (Lipinski definition) is 5. The third kappa shape index (κ3) is 4.87. The molecule has 0 spiro atoms. The van der Waals surface area contributed by atoms with E-state index in [2.05, 4.69) is 26.2 Å². The number of nitrogens with one attached hydrogen (secondary N) is 1. The predicted octanol–water partition coefficient (Wildman–Crippen LogP) is 4.41. The van der Waals surface area contributed by atoms with Gasteiger partial charge in [0.25, 0.3) is 5.69 Å². The minimum Gasteiger partial charge on any atom is -0.506 e. The van der Waals surface area contributed by atoms with Gasteiger partial charge >= 0.3 is 0 Å². The molecule has 25 heavy (non-hydrogen) atoms. The maximum absolute atomic E-state index is 11.7. The fourth-order valence-corrected chi connectivity index (χ4v) is 2.37. The number of aliphatic imine (C=N–C) groups is 1. The summed E-state index contributed by atoms with van der Waals surface area (Å²) in [5.74, 6) is -0.397. The van der Waals surface area contributed by atoms with Crippen molar-refractivity contribution in [2.24, 2.45) is 10.9 Å². The SMILES string of the molecule is CC(C)C(=O)Nc1cccc(N=Cc2cc([N+](=O)[O-])cc(Br)c2O)c1. The van der Waals surface area contributed by atoms with E-state index in [1.165, 1.54) is 18.3 Å². The molecular weight excluding hydrogens is 390 g/mol. The molecule has 0 aliphatic heterocycles. The number of amides is 1. The normalized spacial score (nSPS) is 11.0. The summed E-state index contributed by atoms with van der Waals surface area (Å²) < 4.78 is 0.209. The molecule has 2 aromatic rings. The summed E-state index contributed by atoms with van der Waals surface area (Å²) in [5, 5.41) is 23.7. The van der Waals surface area contributed by atoms with Gasteiger partial charge in [-0.25, -0.2) is 0 Å². The summed E-state index contributed by atoms with van der Waals surface area (Å²) in [5.41, 5.74) is 1.17. The van der Waals surface area contributed by atoms with E-state index in [4.69, 9.17) is 0 Å². The fraction of sp³-hybridized carbons (Fsp3) is 0.176. The van der Waals surface area contributed by atoms with Crippen molar-refractivity contribution in [3.8, 4) is 5.75 Å². The van der Waals surface area contributed by atoms with Crippen molar-refractivity contribution >= 4 is 45.1 Å². The second-order valence-corrected chi connectivity index (χ2v) is 6.43. The number of halogens is 1. The van der Waals surface area contributed by atoms with Crippen molar-refractivity contribution < 1.29 is 14.8 Å². The van der Waals surface area contributed by atoms with Gasteiger partial charge in [0.1, 0.15) is 5.75 Å². The van der Waals surface area contributed by atoms with E-state index in [0.717, 1.165) is 0 Å². The minimum atomic E-state index is -0.552. The average Bonchev–Trinajstić information content (AvgIpc) is 2.56. The number of nitro groups is 1. The molecule has 0 saturated heterocycles. The molecule has 0 radical (unpaired) electrons. The van der Waals surface area contributed by atoms with Crippen molar-refractivity contribution in [3.63, 3.8) is 0 Å². The number of non-ortho nitro benzene ring substituents is 1. The first-order valence-corrected chi connectivity index (χ1v) is 8.19. The first-order chi connectivity index (χ1) is 11.8. The molecule has 130 valence electrons. The van der Waals surface area contributed by atoms with Crippen LogP contribution in [0.5, 0.6) is 5.75 Å².